The van der Waals surface area contributed by atoms with E-state index in [9.17, 15) is 14.9 Å². The highest BCUT2D eigenvalue weighted by molar-refractivity contribution is 7.99. The van der Waals surface area contributed by atoms with Gasteiger partial charge in [0.1, 0.15) is 0 Å². The molecular weight excluding hydrogens is 344 g/mol. The smallest absolute Gasteiger partial charge is 0.277 e. The average molecular weight is 362 g/mol. The SMILES string of the molecule is C[C@H]1CCCN(C(=O)CSc2nnc(-c3ccc([N+](=O)[O-])cc3)o2)C1. The maximum Gasteiger partial charge on any atom is 0.277 e. The van der Waals surface area contributed by atoms with Crippen LogP contribution in [0.5, 0.6) is 0 Å². The van der Waals surface area contributed by atoms with Gasteiger partial charge in [0, 0.05) is 30.8 Å². The monoisotopic (exact) mass is 362 g/mol. The van der Waals surface area contributed by atoms with E-state index in [1.54, 1.807) is 12.1 Å². The fourth-order valence-electron chi connectivity index (χ4n) is 2.74. The highest BCUT2D eigenvalue weighted by Crippen LogP contribution is 2.25. The van der Waals surface area contributed by atoms with Gasteiger partial charge in [0.15, 0.2) is 0 Å². The molecule has 8 nitrogen and oxygen atoms in total. The molecule has 9 heteroatoms. The molecule has 0 N–H and O–H groups in total. The van der Waals surface area contributed by atoms with Crippen molar-refractivity contribution in [3.63, 3.8) is 0 Å². The first kappa shape index (κ1) is 17.4. The molecule has 1 saturated heterocycles. The van der Waals surface area contributed by atoms with E-state index in [1.165, 1.54) is 30.3 Å². The largest absolute Gasteiger partial charge is 0.411 e. The van der Waals surface area contributed by atoms with Crippen molar-refractivity contribution in [2.45, 2.75) is 25.0 Å². The zero-order valence-electron chi connectivity index (χ0n) is 13.8. The Hall–Kier alpha value is -2.42. The van der Waals surface area contributed by atoms with Crippen LogP contribution in [0.3, 0.4) is 0 Å². The first-order chi connectivity index (χ1) is 12.0. The molecule has 3 rings (SSSR count). The van der Waals surface area contributed by atoms with Gasteiger partial charge in [0.2, 0.25) is 11.8 Å². The van der Waals surface area contributed by atoms with Crippen molar-refractivity contribution in [3.8, 4) is 11.5 Å². The van der Waals surface area contributed by atoms with Crippen LogP contribution in [0.25, 0.3) is 11.5 Å². The van der Waals surface area contributed by atoms with Crippen molar-refractivity contribution in [2.24, 2.45) is 5.92 Å². The molecule has 25 heavy (non-hydrogen) atoms. The van der Waals surface area contributed by atoms with Gasteiger partial charge in [0.25, 0.3) is 10.9 Å². The molecule has 0 radical (unpaired) electrons. The Morgan fingerprint density at radius 1 is 1.40 bits per heavy atom. The Morgan fingerprint density at radius 2 is 2.16 bits per heavy atom. The van der Waals surface area contributed by atoms with Crippen LogP contribution >= 0.6 is 11.8 Å². The Bertz CT molecular complexity index is 762. The zero-order valence-corrected chi connectivity index (χ0v) is 14.6. The summed E-state index contributed by atoms with van der Waals surface area (Å²) in [7, 11) is 0. The van der Waals surface area contributed by atoms with Gasteiger partial charge in [-0.2, -0.15) is 0 Å². The Labute approximate surface area is 148 Å². The molecule has 0 bridgehead atoms. The number of likely N-dealkylation sites (tertiary alicyclic amines) is 1. The lowest BCUT2D eigenvalue weighted by Crippen LogP contribution is -2.40. The molecule has 1 aromatic heterocycles. The second-order valence-electron chi connectivity index (χ2n) is 6.05. The third kappa shape index (κ3) is 4.36. The van der Waals surface area contributed by atoms with Gasteiger partial charge in [-0.15, -0.1) is 10.2 Å². The maximum absolute atomic E-state index is 12.2. The summed E-state index contributed by atoms with van der Waals surface area (Å²) in [6.45, 7) is 3.76. The van der Waals surface area contributed by atoms with E-state index in [0.29, 0.717) is 16.7 Å². The lowest BCUT2D eigenvalue weighted by molar-refractivity contribution is -0.384. The van der Waals surface area contributed by atoms with Crippen LogP contribution in [-0.4, -0.2) is 44.8 Å². The second-order valence-corrected chi connectivity index (χ2v) is 6.98. The van der Waals surface area contributed by atoms with Crippen LogP contribution in [0.1, 0.15) is 19.8 Å². The van der Waals surface area contributed by atoms with E-state index >= 15 is 0 Å². The number of hydrogen-bond donors (Lipinski definition) is 0. The third-order valence-corrected chi connectivity index (χ3v) is 4.86. The number of carbonyl (C=O) groups excluding carboxylic acids is 1. The first-order valence-electron chi connectivity index (χ1n) is 8.02. The number of nitro groups is 1. The molecule has 1 aliphatic heterocycles. The molecule has 1 atom stereocenters. The lowest BCUT2D eigenvalue weighted by Gasteiger charge is -2.30. The Kier molecular flexibility index (Phi) is 5.32. The highest BCUT2D eigenvalue weighted by atomic mass is 32.2. The average Bonchev–Trinajstić information content (AvgIpc) is 3.08. The summed E-state index contributed by atoms with van der Waals surface area (Å²) in [4.78, 5) is 24.3. The normalized spacial score (nSPS) is 17.5. The number of aromatic nitrogens is 2. The van der Waals surface area contributed by atoms with Crippen molar-refractivity contribution in [1.82, 2.24) is 15.1 Å². The summed E-state index contributed by atoms with van der Waals surface area (Å²) in [5.41, 5.74) is 0.598. The molecule has 0 saturated carbocycles. The number of hydrogen-bond acceptors (Lipinski definition) is 7. The van der Waals surface area contributed by atoms with E-state index in [4.69, 9.17) is 4.42 Å². The van der Waals surface area contributed by atoms with Gasteiger partial charge >= 0.3 is 0 Å². The van der Waals surface area contributed by atoms with Gasteiger partial charge < -0.3 is 9.32 Å². The minimum absolute atomic E-state index is 0.000722. The van der Waals surface area contributed by atoms with Crippen LogP contribution in [0.15, 0.2) is 33.9 Å². The fraction of sp³-hybridized carbons (Fsp3) is 0.438. The van der Waals surface area contributed by atoms with Gasteiger partial charge in [-0.25, -0.2) is 0 Å². The molecule has 1 aromatic carbocycles. The molecule has 0 aliphatic carbocycles. The summed E-state index contributed by atoms with van der Waals surface area (Å²) in [6.07, 6.45) is 2.21. The second kappa shape index (κ2) is 7.64. The van der Waals surface area contributed by atoms with Crippen molar-refractivity contribution in [2.75, 3.05) is 18.8 Å². The summed E-state index contributed by atoms with van der Waals surface area (Å²) >= 11 is 1.21. The van der Waals surface area contributed by atoms with Gasteiger partial charge in [-0.05, 0) is 30.9 Å². The van der Waals surface area contributed by atoms with Crippen molar-refractivity contribution >= 4 is 23.4 Å². The topological polar surface area (TPSA) is 102 Å². The molecule has 1 amide bonds. The molecule has 2 heterocycles. The number of piperidine rings is 1. The number of nitrogens with zero attached hydrogens (tertiary/aromatic N) is 4. The number of non-ortho nitro benzene ring substituents is 1. The summed E-state index contributed by atoms with van der Waals surface area (Å²) in [5, 5.41) is 18.8. The Balaban J connectivity index is 1.58. The predicted octanol–water partition coefficient (Wildman–Crippen LogP) is 3.00. The molecule has 132 valence electrons. The van der Waals surface area contributed by atoms with Gasteiger partial charge in [-0.1, -0.05) is 18.7 Å². The van der Waals surface area contributed by atoms with E-state index in [-0.39, 0.29) is 23.2 Å². The van der Waals surface area contributed by atoms with Crippen molar-refractivity contribution in [3.05, 3.63) is 34.4 Å². The molecular formula is C16H18N4O4S. The molecule has 1 aliphatic rings. The van der Waals surface area contributed by atoms with E-state index in [1.807, 2.05) is 4.90 Å². The van der Waals surface area contributed by atoms with Crippen LogP contribution in [0, 0.1) is 16.0 Å². The molecule has 1 fully saturated rings. The number of rotatable bonds is 5. The standard InChI is InChI=1S/C16H18N4O4S/c1-11-3-2-8-19(9-11)14(21)10-25-16-18-17-15(24-16)12-4-6-13(7-5-12)20(22)23/h4-7,11H,2-3,8-10H2,1H3/t11-/m0/s1. The highest BCUT2D eigenvalue weighted by Gasteiger charge is 2.21. The van der Waals surface area contributed by atoms with E-state index < -0.39 is 4.92 Å². The number of carbonyl (C=O) groups is 1. The fourth-order valence-corrected chi connectivity index (χ4v) is 3.41. The lowest BCUT2D eigenvalue weighted by atomic mass is 10.0. The number of nitro benzene ring substituents is 1. The van der Waals surface area contributed by atoms with Gasteiger partial charge in [-0.3, -0.25) is 14.9 Å². The molecule has 0 unspecified atom stereocenters. The quantitative estimate of drug-likeness (QED) is 0.457. The number of amides is 1. The number of benzene rings is 1. The summed E-state index contributed by atoms with van der Waals surface area (Å²) < 4.78 is 5.53. The number of thioether (sulfide) groups is 1. The molecule has 0 spiro atoms. The molecule has 2 aromatic rings. The van der Waals surface area contributed by atoms with Crippen molar-refractivity contribution < 1.29 is 14.1 Å². The van der Waals surface area contributed by atoms with Gasteiger partial charge in [0.05, 0.1) is 10.7 Å². The van der Waals surface area contributed by atoms with Crippen LogP contribution in [-0.2, 0) is 4.79 Å². The summed E-state index contributed by atoms with van der Waals surface area (Å²) in [5.74, 6) is 1.15. The Morgan fingerprint density at radius 3 is 2.84 bits per heavy atom. The first-order valence-corrected chi connectivity index (χ1v) is 9.00. The predicted molar refractivity (Wildman–Crippen MR) is 92.1 cm³/mol. The minimum Gasteiger partial charge on any atom is -0.411 e. The van der Waals surface area contributed by atoms with Crippen LogP contribution in [0.2, 0.25) is 0 Å². The van der Waals surface area contributed by atoms with E-state index in [2.05, 4.69) is 17.1 Å². The van der Waals surface area contributed by atoms with Crippen LogP contribution in [0.4, 0.5) is 5.69 Å². The third-order valence-electron chi connectivity index (χ3n) is 4.06. The van der Waals surface area contributed by atoms with Crippen molar-refractivity contribution in [1.29, 1.82) is 0 Å². The maximum atomic E-state index is 12.2. The van der Waals surface area contributed by atoms with Crippen LogP contribution < -0.4 is 0 Å². The minimum atomic E-state index is -0.466. The van der Waals surface area contributed by atoms with E-state index in [0.717, 1.165) is 19.5 Å². The zero-order chi connectivity index (χ0) is 17.8. The summed E-state index contributed by atoms with van der Waals surface area (Å²) in [6, 6.07) is 5.88.